The van der Waals surface area contributed by atoms with E-state index in [-0.39, 0.29) is 0 Å². The van der Waals surface area contributed by atoms with E-state index in [4.69, 9.17) is 0 Å². The Hall–Kier alpha value is -8.76. The van der Waals surface area contributed by atoms with Gasteiger partial charge in [0.25, 0.3) is 0 Å². The molecule has 448 valence electrons. The summed E-state index contributed by atoms with van der Waals surface area (Å²) in [6, 6.07) is 102. The third-order valence-corrected chi connectivity index (χ3v) is 23.2. The zero-order valence-corrected chi connectivity index (χ0v) is 54.7. The van der Waals surface area contributed by atoms with Crippen molar-refractivity contribution in [3.8, 4) is 44.5 Å². The van der Waals surface area contributed by atoms with E-state index in [1.165, 1.54) is 144 Å². The highest BCUT2D eigenvalue weighted by atomic mass is 28.3. The molecule has 0 saturated heterocycles. The number of rotatable bonds is 27. The monoisotopic (exact) mass is 1180 g/mol. The minimum absolute atomic E-state index is 1.07. The molecular weight excluding hydrogens is 1090 g/mol. The lowest BCUT2D eigenvalue weighted by atomic mass is 9.86. The molecule has 0 aromatic heterocycles. The van der Waals surface area contributed by atoms with Crippen molar-refractivity contribution < 1.29 is 0 Å². The molecule has 0 bridgehead atoms. The summed E-state index contributed by atoms with van der Waals surface area (Å²) >= 11 is 0. The average molecular weight is 1180 g/mol. The number of hydrogen-bond donors (Lipinski definition) is 0. The van der Waals surface area contributed by atoms with E-state index in [1.807, 2.05) is 0 Å². The predicted octanol–water partition coefficient (Wildman–Crippen LogP) is 21.4. The molecule has 0 unspecified atom stereocenters. The highest BCUT2D eigenvalue weighted by Gasteiger charge is 2.41. The Morgan fingerprint density at radius 1 is 0.281 bits per heavy atom. The van der Waals surface area contributed by atoms with E-state index in [0.29, 0.717) is 0 Å². The van der Waals surface area contributed by atoms with Gasteiger partial charge in [-0.2, -0.15) is 0 Å². The summed E-state index contributed by atoms with van der Waals surface area (Å²) in [4.78, 5) is 4.77. The fourth-order valence-electron chi connectivity index (χ4n) is 13.4. The van der Waals surface area contributed by atoms with Crippen molar-refractivity contribution in [1.82, 2.24) is 0 Å². The molecule has 11 aromatic rings. The van der Waals surface area contributed by atoms with E-state index in [2.05, 4.69) is 318 Å². The lowest BCUT2D eigenvalue weighted by Gasteiger charge is -2.35. The summed E-state index contributed by atoms with van der Waals surface area (Å²) in [5.41, 5.74) is 23.0. The maximum absolute atomic E-state index is 2.91. The molecule has 0 saturated carbocycles. The second-order valence-corrected chi connectivity index (χ2v) is 28.5. The van der Waals surface area contributed by atoms with Crippen molar-refractivity contribution in [1.29, 1.82) is 0 Å². The fraction of sp³-hybridized carbons (Fsp3) is 0.233. The summed E-state index contributed by atoms with van der Waals surface area (Å²) in [6.07, 6.45) is 16.6. The normalized spacial score (nSPS) is 11.4. The molecule has 0 radical (unpaired) electrons. The molecule has 0 spiro atoms. The topological polar surface area (TPSA) is 6.48 Å². The molecule has 0 aliphatic rings. The third kappa shape index (κ3) is 14.4. The first-order valence-corrected chi connectivity index (χ1v) is 35.4. The van der Waals surface area contributed by atoms with Crippen LogP contribution < -0.4 is 30.5 Å². The number of unbranched alkanes of at least 4 members (excludes halogenated alkanes) is 6. The Morgan fingerprint density at radius 2 is 0.596 bits per heavy atom. The zero-order chi connectivity index (χ0) is 61.4. The number of hydrogen-bond acceptors (Lipinski definition) is 2. The number of aryl methyl sites for hydroxylation is 5. The van der Waals surface area contributed by atoms with Gasteiger partial charge in [-0.05, 0) is 194 Å². The summed E-state index contributed by atoms with van der Waals surface area (Å²) < 4.78 is 0. The van der Waals surface area contributed by atoms with E-state index in [0.717, 1.165) is 67.0 Å². The Balaban J connectivity index is 0.983. The van der Waals surface area contributed by atoms with Crippen molar-refractivity contribution in [2.75, 3.05) is 16.8 Å². The molecule has 0 atom stereocenters. The van der Waals surface area contributed by atoms with Gasteiger partial charge < -0.3 is 9.80 Å². The highest BCUT2D eigenvalue weighted by molar-refractivity contribution is 7.19. The van der Waals surface area contributed by atoms with Crippen LogP contribution in [0.15, 0.2) is 267 Å². The molecule has 89 heavy (non-hydrogen) atoms. The van der Waals surface area contributed by atoms with Crippen molar-refractivity contribution >= 4 is 57.3 Å². The lowest BCUT2D eigenvalue weighted by molar-refractivity contribution is 0.664. The standard InChI is InChI=1S/C86H90N2Si/c1-7-11-13-17-25-74-64-86(75(26-18-14-12-8-2)63-85(74)72-37-31-65(5)32-38-72)73-47-53-79(54-48-73)88(78-51-45-71(46-52-78)69-41-35-67(24-10-4)36-42-69)80-57-61-84(62-58-80)89(81-27-19-15-20-28-81,82-29-21-16-22-30-82)83-59-55-77(56-60-83)87(6)76-49-43-70(44-50-76)68-39-33-66(23-9-3)34-40-68/h15-16,19-22,27-64H,7-14,17-18,23-26H2,1-6H3. The third-order valence-electron chi connectivity index (χ3n) is 18.4. The molecule has 0 heterocycles. The largest absolute Gasteiger partial charge is 0.345 e. The van der Waals surface area contributed by atoms with Crippen molar-refractivity contribution in [2.45, 2.75) is 125 Å². The number of anilines is 5. The Labute approximate surface area is 534 Å². The Kier molecular flexibility index (Phi) is 20.8. The van der Waals surface area contributed by atoms with E-state index in [9.17, 15) is 0 Å². The van der Waals surface area contributed by atoms with Gasteiger partial charge in [0.1, 0.15) is 0 Å². The van der Waals surface area contributed by atoms with Crippen LogP contribution in [-0.4, -0.2) is 15.1 Å². The Bertz CT molecular complexity index is 3910. The van der Waals surface area contributed by atoms with Gasteiger partial charge in [0.2, 0.25) is 0 Å². The quantitative estimate of drug-likeness (QED) is 0.0288. The molecule has 0 aliphatic carbocycles. The van der Waals surface area contributed by atoms with Crippen LogP contribution in [0.25, 0.3) is 44.5 Å². The first-order chi connectivity index (χ1) is 43.8. The maximum Gasteiger partial charge on any atom is 0.179 e. The minimum atomic E-state index is -2.91. The number of nitrogens with zero attached hydrogens (tertiary/aromatic N) is 2. The van der Waals surface area contributed by atoms with Crippen LogP contribution in [0.3, 0.4) is 0 Å². The molecule has 2 nitrogen and oxygen atoms in total. The summed E-state index contributed by atoms with van der Waals surface area (Å²) in [5, 5.41) is 5.38. The summed E-state index contributed by atoms with van der Waals surface area (Å²) in [7, 11) is -0.728. The summed E-state index contributed by atoms with van der Waals surface area (Å²) in [6.45, 7) is 11.3. The van der Waals surface area contributed by atoms with Crippen LogP contribution in [-0.2, 0) is 25.7 Å². The molecular formula is C86H90N2Si. The van der Waals surface area contributed by atoms with Gasteiger partial charge >= 0.3 is 0 Å². The van der Waals surface area contributed by atoms with Crippen LogP contribution >= 0.6 is 0 Å². The van der Waals surface area contributed by atoms with Gasteiger partial charge in [-0.25, -0.2) is 0 Å². The van der Waals surface area contributed by atoms with Gasteiger partial charge in [-0.3, -0.25) is 0 Å². The lowest BCUT2D eigenvalue weighted by Crippen LogP contribution is -2.74. The Morgan fingerprint density at radius 3 is 0.966 bits per heavy atom. The molecule has 3 heteroatoms. The maximum atomic E-state index is 2.57. The molecule has 11 aromatic carbocycles. The highest BCUT2D eigenvalue weighted by Crippen LogP contribution is 2.40. The second-order valence-electron chi connectivity index (χ2n) is 24.7. The molecule has 0 fully saturated rings. The van der Waals surface area contributed by atoms with E-state index >= 15 is 0 Å². The average Bonchev–Trinajstić information content (AvgIpc) is 0.774. The fourth-order valence-corrected chi connectivity index (χ4v) is 18.1. The van der Waals surface area contributed by atoms with Gasteiger partial charge in [0.15, 0.2) is 8.07 Å². The van der Waals surface area contributed by atoms with Crippen molar-refractivity contribution in [3.63, 3.8) is 0 Å². The zero-order valence-electron chi connectivity index (χ0n) is 53.7. The molecule has 0 aliphatic heterocycles. The SMILES string of the molecule is CCCCCCc1cc(-c2ccc(N(c3ccc(-c4ccc(CCC)cc4)cc3)c3ccc([Si](c4ccccc4)(c4ccccc4)c4ccc(N(C)c5ccc(-c6ccc(CCC)cc6)cc5)cc4)cc3)cc2)c(CCCCCC)cc1-c1ccc(C)cc1. The van der Waals surface area contributed by atoms with Crippen LogP contribution in [0.2, 0.25) is 0 Å². The van der Waals surface area contributed by atoms with Gasteiger partial charge in [0.05, 0.1) is 0 Å². The predicted molar refractivity (Wildman–Crippen MR) is 389 cm³/mol. The number of benzene rings is 11. The van der Waals surface area contributed by atoms with Crippen molar-refractivity contribution in [2.24, 2.45) is 0 Å². The van der Waals surface area contributed by atoms with Crippen LogP contribution in [0.4, 0.5) is 28.4 Å². The molecule has 11 rings (SSSR count). The van der Waals surface area contributed by atoms with E-state index < -0.39 is 8.07 Å². The first kappa shape index (κ1) is 61.9. The van der Waals surface area contributed by atoms with Gasteiger partial charge in [-0.15, -0.1) is 0 Å². The summed E-state index contributed by atoms with van der Waals surface area (Å²) in [5.74, 6) is 0. The van der Waals surface area contributed by atoms with Crippen LogP contribution in [0, 0.1) is 6.92 Å². The van der Waals surface area contributed by atoms with Crippen LogP contribution in [0.5, 0.6) is 0 Å². The van der Waals surface area contributed by atoms with Gasteiger partial charge in [0, 0.05) is 35.5 Å². The molecule has 0 amide bonds. The molecule has 0 N–H and O–H groups in total. The first-order valence-electron chi connectivity index (χ1n) is 33.4. The smallest absolute Gasteiger partial charge is 0.179 e. The second kappa shape index (κ2) is 30.0. The van der Waals surface area contributed by atoms with Crippen molar-refractivity contribution in [3.05, 3.63) is 295 Å². The van der Waals surface area contributed by atoms with Crippen LogP contribution in [0.1, 0.15) is 120 Å². The minimum Gasteiger partial charge on any atom is -0.345 e. The van der Waals surface area contributed by atoms with Gasteiger partial charge in [-0.1, -0.05) is 291 Å². The van der Waals surface area contributed by atoms with E-state index in [1.54, 1.807) is 0 Å².